The summed E-state index contributed by atoms with van der Waals surface area (Å²) in [5.74, 6) is 1.41. The Morgan fingerprint density at radius 2 is 2.21 bits per heavy atom. The van der Waals surface area contributed by atoms with Gasteiger partial charge in [0.2, 0.25) is 0 Å². The van der Waals surface area contributed by atoms with Crippen LogP contribution in [0.4, 0.5) is 11.5 Å². The summed E-state index contributed by atoms with van der Waals surface area (Å²) >= 11 is 6.09. The van der Waals surface area contributed by atoms with Crippen molar-refractivity contribution in [2.45, 2.75) is 6.54 Å². The van der Waals surface area contributed by atoms with Crippen molar-refractivity contribution in [1.82, 2.24) is 9.97 Å². The largest absolute Gasteiger partial charge is 0.372 e. The number of aromatic nitrogens is 2. The quantitative estimate of drug-likeness (QED) is 0.883. The Morgan fingerprint density at radius 1 is 1.32 bits per heavy atom. The third-order valence-corrected chi connectivity index (χ3v) is 3.15. The second-order valence-electron chi connectivity index (χ2n) is 4.11. The topological polar surface area (TPSA) is 62.2 Å². The first-order valence-corrected chi connectivity index (χ1v) is 6.25. The molecule has 0 unspecified atom stereocenters. The Hall–Kier alpha value is -2.14. The summed E-state index contributed by atoms with van der Waals surface area (Å²) in [4.78, 5) is 13.0. The Bertz CT molecular complexity index is 653. The molecule has 2 N–H and O–H groups in total. The van der Waals surface area contributed by atoms with Gasteiger partial charge in [-0.3, -0.25) is 9.98 Å². The van der Waals surface area contributed by atoms with E-state index in [1.54, 1.807) is 19.4 Å². The van der Waals surface area contributed by atoms with Gasteiger partial charge in [0.1, 0.15) is 11.5 Å². The first kappa shape index (κ1) is 11.9. The molecule has 0 bridgehead atoms. The molecule has 0 fully saturated rings. The van der Waals surface area contributed by atoms with E-state index in [-0.39, 0.29) is 0 Å². The van der Waals surface area contributed by atoms with Crippen LogP contribution in [0.15, 0.2) is 35.6 Å². The van der Waals surface area contributed by atoms with Gasteiger partial charge in [0, 0.05) is 18.8 Å². The zero-order chi connectivity index (χ0) is 13.2. The van der Waals surface area contributed by atoms with E-state index in [2.05, 4.69) is 25.6 Å². The predicted molar refractivity (Wildman–Crippen MR) is 76.9 cm³/mol. The lowest BCUT2D eigenvalue weighted by atomic mass is 10.2. The van der Waals surface area contributed by atoms with Crippen LogP contribution >= 0.6 is 11.6 Å². The van der Waals surface area contributed by atoms with Crippen LogP contribution in [-0.4, -0.2) is 22.9 Å². The van der Waals surface area contributed by atoms with Crippen molar-refractivity contribution in [3.63, 3.8) is 0 Å². The number of rotatable bonds is 2. The van der Waals surface area contributed by atoms with E-state index in [0.717, 1.165) is 22.8 Å². The van der Waals surface area contributed by atoms with Crippen LogP contribution in [-0.2, 0) is 6.54 Å². The molecular formula is C13H12ClN5. The fourth-order valence-electron chi connectivity index (χ4n) is 1.94. The van der Waals surface area contributed by atoms with Gasteiger partial charge in [-0.1, -0.05) is 17.7 Å². The molecule has 0 atom stereocenters. The molecule has 0 amide bonds. The summed E-state index contributed by atoms with van der Waals surface area (Å²) in [6.45, 7) is 0.654. The van der Waals surface area contributed by atoms with E-state index >= 15 is 0 Å². The zero-order valence-electron chi connectivity index (χ0n) is 10.3. The van der Waals surface area contributed by atoms with Gasteiger partial charge in [-0.05, 0) is 12.1 Å². The Morgan fingerprint density at radius 3 is 3.00 bits per heavy atom. The fourth-order valence-corrected chi connectivity index (χ4v) is 2.21. The molecule has 2 aromatic rings. The van der Waals surface area contributed by atoms with E-state index in [1.165, 1.54) is 0 Å². The molecular weight excluding hydrogens is 262 g/mol. The van der Waals surface area contributed by atoms with Crippen molar-refractivity contribution in [2.24, 2.45) is 4.99 Å². The Balaban J connectivity index is 1.85. The number of nitrogens with zero attached hydrogens (tertiary/aromatic N) is 3. The number of fused-ring (bicyclic) bond motifs is 1. The van der Waals surface area contributed by atoms with E-state index in [4.69, 9.17) is 11.6 Å². The minimum atomic E-state index is 0.562. The Kier molecular flexibility index (Phi) is 3.05. The van der Waals surface area contributed by atoms with Crippen LogP contribution in [0, 0.1) is 0 Å². The highest BCUT2D eigenvalue weighted by Crippen LogP contribution is 2.24. The van der Waals surface area contributed by atoms with Crippen LogP contribution in [0.1, 0.15) is 11.3 Å². The summed E-state index contributed by atoms with van der Waals surface area (Å²) < 4.78 is 0. The Labute approximate surface area is 115 Å². The number of amidine groups is 1. The monoisotopic (exact) mass is 273 g/mol. The molecule has 3 rings (SSSR count). The van der Waals surface area contributed by atoms with Gasteiger partial charge < -0.3 is 10.6 Å². The highest BCUT2D eigenvalue weighted by molar-refractivity contribution is 6.33. The molecule has 0 radical (unpaired) electrons. The van der Waals surface area contributed by atoms with Crippen molar-refractivity contribution in [3.05, 3.63) is 46.9 Å². The van der Waals surface area contributed by atoms with Crippen LogP contribution in [0.5, 0.6) is 0 Å². The summed E-state index contributed by atoms with van der Waals surface area (Å²) in [5.41, 5.74) is 2.80. The molecule has 0 saturated heterocycles. The smallest absolute Gasteiger partial charge is 0.152 e. The third kappa shape index (κ3) is 2.24. The predicted octanol–water partition coefficient (Wildman–Crippen LogP) is 2.54. The maximum Gasteiger partial charge on any atom is 0.152 e. The summed E-state index contributed by atoms with van der Waals surface area (Å²) in [6.07, 6.45) is 3.47. The van der Waals surface area contributed by atoms with E-state index in [1.807, 2.05) is 18.2 Å². The SMILES string of the molecule is CNc1ncc(NC2=NCc3cccnc32)cc1Cl. The summed E-state index contributed by atoms with van der Waals surface area (Å²) in [6, 6.07) is 5.75. The normalized spacial score (nSPS) is 12.8. The number of aliphatic imine (C=N–C) groups is 1. The maximum absolute atomic E-state index is 6.09. The second kappa shape index (κ2) is 4.85. The number of nitrogens with one attached hydrogen (secondary N) is 2. The molecule has 1 aliphatic heterocycles. The van der Waals surface area contributed by atoms with E-state index in [9.17, 15) is 0 Å². The van der Waals surface area contributed by atoms with Crippen molar-refractivity contribution in [2.75, 3.05) is 17.7 Å². The number of hydrogen-bond acceptors (Lipinski definition) is 5. The number of pyridine rings is 2. The van der Waals surface area contributed by atoms with E-state index < -0.39 is 0 Å². The number of anilines is 2. The molecule has 6 heteroatoms. The lowest BCUT2D eigenvalue weighted by Gasteiger charge is -2.08. The number of hydrogen-bond donors (Lipinski definition) is 2. The van der Waals surface area contributed by atoms with Crippen molar-refractivity contribution in [3.8, 4) is 0 Å². The van der Waals surface area contributed by atoms with Gasteiger partial charge in [0.25, 0.3) is 0 Å². The van der Waals surface area contributed by atoms with Gasteiger partial charge in [-0.25, -0.2) is 4.98 Å². The van der Waals surface area contributed by atoms with Crippen LogP contribution in [0.3, 0.4) is 0 Å². The molecule has 0 saturated carbocycles. The lowest BCUT2D eigenvalue weighted by Crippen LogP contribution is -2.13. The summed E-state index contributed by atoms with van der Waals surface area (Å²) in [7, 11) is 1.78. The minimum Gasteiger partial charge on any atom is -0.372 e. The highest BCUT2D eigenvalue weighted by Gasteiger charge is 2.17. The van der Waals surface area contributed by atoms with Crippen molar-refractivity contribution < 1.29 is 0 Å². The third-order valence-electron chi connectivity index (χ3n) is 2.86. The molecule has 19 heavy (non-hydrogen) atoms. The van der Waals surface area contributed by atoms with Crippen LogP contribution < -0.4 is 10.6 Å². The van der Waals surface area contributed by atoms with Crippen LogP contribution in [0.2, 0.25) is 5.02 Å². The first-order valence-electron chi connectivity index (χ1n) is 5.87. The summed E-state index contributed by atoms with van der Waals surface area (Å²) in [5, 5.41) is 6.68. The average molecular weight is 274 g/mol. The minimum absolute atomic E-state index is 0.562. The zero-order valence-corrected chi connectivity index (χ0v) is 11.1. The fraction of sp³-hybridized carbons (Fsp3) is 0.154. The first-order chi connectivity index (χ1) is 9.28. The van der Waals surface area contributed by atoms with E-state index in [0.29, 0.717) is 17.4 Å². The van der Waals surface area contributed by atoms with Gasteiger partial charge in [0.15, 0.2) is 5.84 Å². The highest BCUT2D eigenvalue weighted by atomic mass is 35.5. The van der Waals surface area contributed by atoms with Gasteiger partial charge in [-0.2, -0.15) is 0 Å². The lowest BCUT2D eigenvalue weighted by molar-refractivity contribution is 1.09. The van der Waals surface area contributed by atoms with Crippen LogP contribution in [0.25, 0.3) is 0 Å². The average Bonchev–Trinajstić information content (AvgIpc) is 2.83. The molecule has 3 heterocycles. The molecule has 0 spiro atoms. The van der Waals surface area contributed by atoms with Gasteiger partial charge >= 0.3 is 0 Å². The molecule has 5 nitrogen and oxygen atoms in total. The van der Waals surface area contributed by atoms with Gasteiger partial charge in [0.05, 0.1) is 23.5 Å². The standard InChI is InChI=1S/C13H12ClN5/c1-15-12-10(14)5-9(7-18-12)19-13-11-8(6-17-13)3-2-4-16-11/h2-5,7H,6H2,1H3,(H,15,18)(H,17,19). The second-order valence-corrected chi connectivity index (χ2v) is 4.51. The molecule has 2 aromatic heterocycles. The molecule has 0 aliphatic carbocycles. The molecule has 96 valence electrons. The number of halogens is 1. The molecule has 1 aliphatic rings. The molecule has 0 aromatic carbocycles. The van der Waals surface area contributed by atoms with Gasteiger partial charge in [-0.15, -0.1) is 0 Å². The maximum atomic E-state index is 6.09. The van der Waals surface area contributed by atoms with Crippen molar-refractivity contribution >= 4 is 28.9 Å². The van der Waals surface area contributed by atoms with Crippen molar-refractivity contribution in [1.29, 1.82) is 0 Å².